The van der Waals surface area contributed by atoms with E-state index in [1.54, 1.807) is 6.92 Å². The lowest BCUT2D eigenvalue weighted by Crippen LogP contribution is -2.27. The quantitative estimate of drug-likeness (QED) is 0.700. The molecule has 0 aliphatic carbocycles. The second-order valence-corrected chi connectivity index (χ2v) is 3.40. The number of carbonyl (C=O) groups is 1. The molecular formula is C5H6ClN3OS. The first kappa shape index (κ1) is 8.58. The van der Waals surface area contributed by atoms with Gasteiger partial charge in [-0.1, -0.05) is 16.1 Å². The number of aromatic nitrogens is 2. The maximum Gasteiger partial charge on any atom is 0.201 e. The number of ketones is 1. The van der Waals surface area contributed by atoms with Crippen LogP contribution in [0.15, 0.2) is 0 Å². The Kier molecular flexibility index (Phi) is 2.53. The molecule has 0 saturated carbocycles. The summed E-state index contributed by atoms with van der Waals surface area (Å²) in [6.45, 7) is 1.58. The van der Waals surface area contributed by atoms with Gasteiger partial charge in [-0.2, -0.15) is 0 Å². The lowest BCUT2D eigenvalue weighted by Gasteiger charge is -1.98. The highest BCUT2D eigenvalue weighted by Gasteiger charge is 2.17. The Bertz CT molecular complexity index is 272. The Labute approximate surface area is 72.5 Å². The highest BCUT2D eigenvalue weighted by Crippen LogP contribution is 2.17. The van der Waals surface area contributed by atoms with Crippen LogP contribution in [0.1, 0.15) is 17.4 Å². The van der Waals surface area contributed by atoms with E-state index in [1.165, 1.54) is 0 Å². The molecule has 0 aliphatic heterocycles. The van der Waals surface area contributed by atoms with E-state index in [1.807, 2.05) is 0 Å². The van der Waals surface area contributed by atoms with Crippen LogP contribution in [0, 0.1) is 0 Å². The molecule has 2 N–H and O–H groups in total. The molecule has 1 heterocycles. The first-order valence-electron chi connectivity index (χ1n) is 2.90. The van der Waals surface area contributed by atoms with Crippen molar-refractivity contribution in [3.8, 4) is 0 Å². The first-order valence-corrected chi connectivity index (χ1v) is 4.05. The molecule has 0 aromatic carbocycles. The third-order valence-electron chi connectivity index (χ3n) is 1.09. The second-order valence-electron chi connectivity index (χ2n) is 2.05. The molecular weight excluding hydrogens is 186 g/mol. The Morgan fingerprint density at radius 2 is 2.45 bits per heavy atom. The summed E-state index contributed by atoms with van der Waals surface area (Å²) in [5, 5.41) is 3.54. The third kappa shape index (κ3) is 1.74. The molecule has 4 nitrogen and oxygen atoms in total. The summed E-state index contributed by atoms with van der Waals surface area (Å²) < 4.78 is 3.81. The fourth-order valence-electron chi connectivity index (χ4n) is 0.541. The predicted molar refractivity (Wildman–Crippen MR) is 42.9 cm³/mol. The molecule has 0 bridgehead atoms. The van der Waals surface area contributed by atoms with Crippen LogP contribution >= 0.6 is 23.1 Å². The largest absolute Gasteiger partial charge is 0.321 e. The number of carbonyl (C=O) groups excluding carboxylic acids is 1. The van der Waals surface area contributed by atoms with Crippen molar-refractivity contribution >= 4 is 28.9 Å². The molecule has 60 valence electrons. The van der Waals surface area contributed by atoms with Crippen molar-refractivity contribution in [2.75, 3.05) is 0 Å². The fourth-order valence-corrected chi connectivity index (χ4v) is 1.19. The van der Waals surface area contributed by atoms with E-state index in [0.29, 0.717) is 4.34 Å². The van der Waals surface area contributed by atoms with Gasteiger partial charge in [0.25, 0.3) is 0 Å². The lowest BCUT2D eigenvalue weighted by atomic mass is 10.2. The summed E-state index contributed by atoms with van der Waals surface area (Å²) in [7, 11) is 0. The zero-order valence-electron chi connectivity index (χ0n) is 5.74. The minimum Gasteiger partial charge on any atom is -0.321 e. The molecule has 1 unspecified atom stereocenters. The van der Waals surface area contributed by atoms with Gasteiger partial charge in [0.15, 0.2) is 5.69 Å². The Hall–Kier alpha value is -0.520. The van der Waals surface area contributed by atoms with Crippen molar-refractivity contribution < 1.29 is 4.79 Å². The average molecular weight is 192 g/mol. The van der Waals surface area contributed by atoms with Crippen LogP contribution in [0.4, 0.5) is 0 Å². The highest BCUT2D eigenvalue weighted by molar-refractivity contribution is 7.10. The van der Waals surface area contributed by atoms with Crippen LogP contribution in [-0.4, -0.2) is 21.4 Å². The Balaban J connectivity index is 2.93. The van der Waals surface area contributed by atoms with Crippen LogP contribution in [0.2, 0.25) is 4.34 Å². The van der Waals surface area contributed by atoms with Gasteiger partial charge in [-0.05, 0) is 6.92 Å². The fraction of sp³-hybridized carbons (Fsp3) is 0.400. The molecule has 1 atom stereocenters. The smallest absolute Gasteiger partial charge is 0.201 e. The molecule has 0 radical (unpaired) electrons. The van der Waals surface area contributed by atoms with Crippen molar-refractivity contribution in [1.82, 2.24) is 9.59 Å². The number of hydrogen-bond donors (Lipinski definition) is 1. The van der Waals surface area contributed by atoms with Gasteiger partial charge in [0.05, 0.1) is 6.04 Å². The van der Waals surface area contributed by atoms with Gasteiger partial charge in [-0.25, -0.2) is 0 Å². The number of hydrogen-bond acceptors (Lipinski definition) is 5. The highest BCUT2D eigenvalue weighted by atomic mass is 35.5. The zero-order chi connectivity index (χ0) is 8.43. The van der Waals surface area contributed by atoms with Crippen LogP contribution in [-0.2, 0) is 0 Å². The van der Waals surface area contributed by atoms with Gasteiger partial charge in [0.1, 0.15) is 4.34 Å². The molecule has 0 fully saturated rings. The van der Waals surface area contributed by atoms with Crippen LogP contribution < -0.4 is 5.73 Å². The molecule has 1 rings (SSSR count). The minimum atomic E-state index is -0.573. The number of Topliss-reactive ketones (excluding diaryl/α,β-unsaturated/α-hetero) is 1. The Morgan fingerprint density at radius 1 is 1.82 bits per heavy atom. The number of rotatable bonds is 2. The van der Waals surface area contributed by atoms with Crippen LogP contribution in [0.25, 0.3) is 0 Å². The molecule has 1 aromatic rings. The molecule has 11 heavy (non-hydrogen) atoms. The van der Waals surface area contributed by atoms with Gasteiger partial charge < -0.3 is 5.73 Å². The van der Waals surface area contributed by atoms with Gasteiger partial charge in [0.2, 0.25) is 5.78 Å². The minimum absolute atomic E-state index is 0.173. The van der Waals surface area contributed by atoms with E-state index in [-0.39, 0.29) is 11.5 Å². The molecule has 0 aliphatic rings. The Morgan fingerprint density at radius 3 is 2.82 bits per heavy atom. The zero-order valence-corrected chi connectivity index (χ0v) is 7.32. The number of nitrogens with zero attached hydrogens (tertiary/aromatic N) is 2. The monoisotopic (exact) mass is 191 g/mol. The standard InChI is InChI=1S/C5H6ClN3OS/c1-2(7)4(10)3-5(6)11-9-8-3/h2H,7H2,1H3. The average Bonchev–Trinajstić information content (AvgIpc) is 2.33. The maximum absolute atomic E-state index is 11.1. The summed E-state index contributed by atoms with van der Waals surface area (Å²) in [6.07, 6.45) is 0. The van der Waals surface area contributed by atoms with Crippen molar-refractivity contribution in [2.45, 2.75) is 13.0 Å². The summed E-state index contributed by atoms with van der Waals surface area (Å²) in [5.41, 5.74) is 5.50. The number of nitrogens with two attached hydrogens (primary N) is 1. The summed E-state index contributed by atoms with van der Waals surface area (Å²) in [6, 6.07) is -0.573. The molecule has 0 spiro atoms. The van der Waals surface area contributed by atoms with Gasteiger partial charge in [-0.3, -0.25) is 4.79 Å². The van der Waals surface area contributed by atoms with Crippen LogP contribution in [0.5, 0.6) is 0 Å². The second kappa shape index (κ2) is 3.25. The van der Waals surface area contributed by atoms with E-state index in [2.05, 4.69) is 9.59 Å². The van der Waals surface area contributed by atoms with E-state index >= 15 is 0 Å². The topological polar surface area (TPSA) is 68.9 Å². The van der Waals surface area contributed by atoms with Crippen molar-refractivity contribution in [3.05, 3.63) is 10.0 Å². The van der Waals surface area contributed by atoms with Crippen molar-refractivity contribution in [3.63, 3.8) is 0 Å². The van der Waals surface area contributed by atoms with Crippen molar-refractivity contribution in [2.24, 2.45) is 5.73 Å². The van der Waals surface area contributed by atoms with Gasteiger partial charge >= 0.3 is 0 Å². The first-order chi connectivity index (χ1) is 5.13. The number of halogens is 1. The lowest BCUT2D eigenvalue weighted by molar-refractivity contribution is 0.0963. The SMILES string of the molecule is CC(N)C(=O)c1nnsc1Cl. The molecule has 0 amide bonds. The summed E-state index contributed by atoms with van der Waals surface area (Å²) >= 11 is 6.57. The molecule has 6 heteroatoms. The van der Waals surface area contributed by atoms with Crippen LogP contribution in [0.3, 0.4) is 0 Å². The summed E-state index contributed by atoms with van der Waals surface area (Å²) in [4.78, 5) is 11.1. The van der Waals surface area contributed by atoms with Crippen molar-refractivity contribution in [1.29, 1.82) is 0 Å². The van der Waals surface area contributed by atoms with E-state index < -0.39 is 6.04 Å². The predicted octanol–water partition coefficient (Wildman–Crippen LogP) is 0.721. The summed E-state index contributed by atoms with van der Waals surface area (Å²) in [5.74, 6) is -0.274. The van der Waals surface area contributed by atoms with Gasteiger partial charge in [-0.15, -0.1) is 5.10 Å². The van der Waals surface area contributed by atoms with E-state index in [4.69, 9.17) is 17.3 Å². The maximum atomic E-state index is 11.1. The molecule has 1 aromatic heterocycles. The van der Waals surface area contributed by atoms with E-state index in [0.717, 1.165) is 11.5 Å². The van der Waals surface area contributed by atoms with Gasteiger partial charge in [0, 0.05) is 11.5 Å². The third-order valence-corrected chi connectivity index (χ3v) is 2.00. The molecule has 0 saturated heterocycles. The normalized spacial score (nSPS) is 13.0. The van der Waals surface area contributed by atoms with E-state index in [9.17, 15) is 4.79 Å².